The minimum atomic E-state index is 0.380. The number of hydrogen-bond donors (Lipinski definition) is 0. The summed E-state index contributed by atoms with van der Waals surface area (Å²) in [5.74, 6) is 0.380. The highest BCUT2D eigenvalue weighted by Gasteiger charge is 2.30. The van der Waals surface area contributed by atoms with Gasteiger partial charge in [-0.25, -0.2) is 0 Å². The van der Waals surface area contributed by atoms with Crippen molar-refractivity contribution in [3.8, 4) is 11.1 Å². The fourth-order valence-electron chi connectivity index (χ4n) is 3.47. The van der Waals surface area contributed by atoms with Crippen molar-refractivity contribution >= 4 is 0 Å². The average Bonchev–Trinajstić information content (AvgIpc) is 3.09. The highest BCUT2D eigenvalue weighted by molar-refractivity contribution is 5.81. The van der Waals surface area contributed by atoms with Crippen LogP contribution >= 0.6 is 0 Å². The lowest BCUT2D eigenvalue weighted by molar-refractivity contribution is 1.02. The maximum Gasteiger partial charge on any atom is 0.0352 e. The predicted molar refractivity (Wildman–Crippen MR) is 89.3 cm³/mol. The first-order valence-electron chi connectivity index (χ1n) is 7.51. The Balaban J connectivity index is 1.93. The van der Waals surface area contributed by atoms with Crippen LogP contribution in [0.15, 0.2) is 83.5 Å². The average molecular weight is 270 g/mol. The van der Waals surface area contributed by atoms with Crippen molar-refractivity contribution in [2.24, 2.45) is 0 Å². The lowest BCUT2D eigenvalue weighted by atomic mass is 9.89. The van der Waals surface area contributed by atoms with E-state index < -0.39 is 0 Å². The van der Waals surface area contributed by atoms with Gasteiger partial charge >= 0.3 is 0 Å². The fourth-order valence-corrected chi connectivity index (χ4v) is 3.47. The summed E-state index contributed by atoms with van der Waals surface area (Å²) in [6, 6.07) is 17.6. The van der Waals surface area contributed by atoms with Gasteiger partial charge in [0.05, 0.1) is 0 Å². The van der Waals surface area contributed by atoms with E-state index in [-0.39, 0.29) is 0 Å². The SMILES string of the molecule is CC(C)=C1C=CC(C2c3ccccc3-c3ccccc32)=C1. The first kappa shape index (κ1) is 12.4. The van der Waals surface area contributed by atoms with Gasteiger partial charge in [-0.2, -0.15) is 0 Å². The van der Waals surface area contributed by atoms with E-state index in [1.54, 1.807) is 0 Å². The molecule has 2 aromatic rings. The van der Waals surface area contributed by atoms with Crippen molar-refractivity contribution in [3.63, 3.8) is 0 Å². The minimum Gasteiger partial charge on any atom is -0.0692 e. The topological polar surface area (TPSA) is 0 Å². The molecule has 2 aromatic carbocycles. The minimum absolute atomic E-state index is 0.380. The van der Waals surface area contributed by atoms with Crippen LogP contribution in [0.4, 0.5) is 0 Å². The maximum atomic E-state index is 2.35. The van der Waals surface area contributed by atoms with Crippen LogP contribution in [0, 0.1) is 0 Å². The molecule has 0 N–H and O–H groups in total. The van der Waals surface area contributed by atoms with Crippen molar-refractivity contribution in [1.29, 1.82) is 0 Å². The van der Waals surface area contributed by atoms with E-state index in [4.69, 9.17) is 0 Å². The Kier molecular flexibility index (Phi) is 2.71. The van der Waals surface area contributed by atoms with Crippen LogP contribution in [0.1, 0.15) is 30.9 Å². The van der Waals surface area contributed by atoms with Crippen molar-refractivity contribution in [2.45, 2.75) is 19.8 Å². The zero-order chi connectivity index (χ0) is 14.4. The van der Waals surface area contributed by atoms with Gasteiger partial charge in [-0.1, -0.05) is 72.3 Å². The predicted octanol–water partition coefficient (Wildman–Crippen LogP) is 5.63. The Morgan fingerprint density at radius 1 is 0.762 bits per heavy atom. The van der Waals surface area contributed by atoms with Gasteiger partial charge in [0.1, 0.15) is 0 Å². The first-order chi connectivity index (χ1) is 10.3. The number of fused-ring (bicyclic) bond motifs is 3. The molecule has 102 valence electrons. The van der Waals surface area contributed by atoms with E-state index in [1.807, 2.05) is 0 Å². The summed E-state index contributed by atoms with van der Waals surface area (Å²) >= 11 is 0. The van der Waals surface area contributed by atoms with Gasteiger partial charge in [0.25, 0.3) is 0 Å². The third-order valence-electron chi connectivity index (χ3n) is 4.52. The van der Waals surface area contributed by atoms with Gasteiger partial charge in [-0.15, -0.1) is 0 Å². The van der Waals surface area contributed by atoms with Gasteiger partial charge in [0.15, 0.2) is 0 Å². The molecule has 0 heterocycles. The van der Waals surface area contributed by atoms with Crippen LogP contribution in [0.5, 0.6) is 0 Å². The number of rotatable bonds is 1. The van der Waals surface area contributed by atoms with Crippen LogP contribution in [0.2, 0.25) is 0 Å². The van der Waals surface area contributed by atoms with Crippen LogP contribution in [0.3, 0.4) is 0 Å². The monoisotopic (exact) mass is 270 g/mol. The van der Waals surface area contributed by atoms with E-state index in [1.165, 1.54) is 39.0 Å². The molecule has 0 heteroatoms. The normalized spacial score (nSPS) is 15.9. The summed E-state index contributed by atoms with van der Waals surface area (Å²) in [5.41, 5.74) is 9.78. The van der Waals surface area contributed by atoms with E-state index >= 15 is 0 Å². The van der Waals surface area contributed by atoms with E-state index in [9.17, 15) is 0 Å². The highest BCUT2D eigenvalue weighted by Crippen LogP contribution is 2.49. The van der Waals surface area contributed by atoms with Crippen molar-refractivity contribution in [1.82, 2.24) is 0 Å². The second kappa shape index (κ2) is 4.60. The van der Waals surface area contributed by atoms with Gasteiger partial charge < -0.3 is 0 Å². The first-order valence-corrected chi connectivity index (χ1v) is 7.51. The molecule has 0 aromatic heterocycles. The Hall–Kier alpha value is -2.34. The molecule has 0 saturated carbocycles. The Morgan fingerprint density at radius 3 is 1.86 bits per heavy atom. The Labute approximate surface area is 126 Å². The molecule has 0 radical (unpaired) electrons. The smallest absolute Gasteiger partial charge is 0.0352 e. The molecule has 0 amide bonds. The largest absolute Gasteiger partial charge is 0.0692 e. The Morgan fingerprint density at radius 2 is 1.33 bits per heavy atom. The van der Waals surface area contributed by atoms with Crippen LogP contribution in [-0.2, 0) is 0 Å². The van der Waals surface area contributed by atoms with Crippen LogP contribution in [-0.4, -0.2) is 0 Å². The standard InChI is InChI=1S/C21H18/c1-14(2)15-11-12-16(13-15)21-19-9-5-3-7-17(19)18-8-4-6-10-20(18)21/h3-13,21H,1-2H3. The van der Waals surface area contributed by atoms with Gasteiger partial charge in [0, 0.05) is 5.92 Å². The maximum absolute atomic E-state index is 2.35. The zero-order valence-electron chi connectivity index (χ0n) is 12.4. The van der Waals surface area contributed by atoms with Gasteiger partial charge in [-0.3, -0.25) is 0 Å². The van der Waals surface area contributed by atoms with Crippen LogP contribution in [0.25, 0.3) is 11.1 Å². The number of allylic oxidation sites excluding steroid dienone is 6. The molecule has 0 unspecified atom stereocenters. The molecular formula is C21H18. The van der Waals surface area contributed by atoms with Gasteiger partial charge in [0.2, 0.25) is 0 Å². The second-order valence-corrected chi connectivity index (χ2v) is 6.04. The summed E-state index contributed by atoms with van der Waals surface area (Å²) in [6.45, 7) is 4.35. The molecule has 0 saturated heterocycles. The van der Waals surface area contributed by atoms with Crippen LogP contribution < -0.4 is 0 Å². The van der Waals surface area contributed by atoms with Crippen molar-refractivity contribution in [2.75, 3.05) is 0 Å². The Bertz CT molecular complexity index is 766. The van der Waals surface area contributed by atoms with E-state index in [0.717, 1.165) is 0 Å². The number of hydrogen-bond acceptors (Lipinski definition) is 0. The van der Waals surface area contributed by atoms with E-state index in [2.05, 4.69) is 80.6 Å². The van der Waals surface area contributed by atoms with E-state index in [0.29, 0.717) is 5.92 Å². The third-order valence-corrected chi connectivity index (χ3v) is 4.52. The molecule has 0 aliphatic heterocycles. The third kappa shape index (κ3) is 1.83. The molecule has 0 bridgehead atoms. The van der Waals surface area contributed by atoms with Crippen molar-refractivity contribution < 1.29 is 0 Å². The van der Waals surface area contributed by atoms with Gasteiger partial charge in [-0.05, 0) is 47.2 Å². The molecule has 2 aliphatic carbocycles. The molecule has 0 nitrogen and oxygen atoms in total. The molecule has 4 rings (SSSR count). The quantitative estimate of drug-likeness (QED) is 0.630. The fraction of sp³-hybridized carbons (Fsp3) is 0.143. The summed E-state index contributed by atoms with van der Waals surface area (Å²) in [6.07, 6.45) is 6.87. The highest BCUT2D eigenvalue weighted by atomic mass is 14.3. The molecular weight excluding hydrogens is 252 g/mol. The second-order valence-electron chi connectivity index (χ2n) is 6.04. The summed E-state index contributed by atoms with van der Waals surface area (Å²) in [4.78, 5) is 0. The lowest BCUT2D eigenvalue weighted by Crippen LogP contribution is -1.98. The molecule has 2 aliphatic rings. The molecule has 21 heavy (non-hydrogen) atoms. The van der Waals surface area contributed by atoms with Crippen molar-refractivity contribution in [3.05, 3.63) is 94.6 Å². The number of benzene rings is 2. The molecule has 0 spiro atoms. The summed E-state index contributed by atoms with van der Waals surface area (Å²) in [7, 11) is 0. The zero-order valence-corrected chi connectivity index (χ0v) is 12.4. The molecule has 0 fully saturated rings. The summed E-state index contributed by atoms with van der Waals surface area (Å²) < 4.78 is 0. The molecule has 0 atom stereocenters. The summed E-state index contributed by atoms with van der Waals surface area (Å²) in [5, 5.41) is 0. The lowest BCUT2D eigenvalue weighted by Gasteiger charge is -2.13.